The van der Waals surface area contributed by atoms with Gasteiger partial charge in [0.1, 0.15) is 5.75 Å². The van der Waals surface area contributed by atoms with Gasteiger partial charge in [0.05, 0.1) is 11.3 Å². The maximum absolute atomic E-state index is 11.8. The van der Waals surface area contributed by atoms with E-state index in [9.17, 15) is 14.7 Å². The van der Waals surface area contributed by atoms with E-state index in [2.05, 4.69) is 15.5 Å². The Hall–Kier alpha value is -2.28. The smallest absolute Gasteiger partial charge is 0.337 e. The molecule has 1 aliphatic heterocycles. The van der Waals surface area contributed by atoms with Gasteiger partial charge in [0, 0.05) is 13.1 Å². The molecule has 0 radical (unpaired) electrons. The molecule has 1 aromatic rings. The summed E-state index contributed by atoms with van der Waals surface area (Å²) in [7, 11) is 2.04. The summed E-state index contributed by atoms with van der Waals surface area (Å²) in [4.78, 5) is 25.1. The molecule has 1 unspecified atom stereocenters. The minimum absolute atomic E-state index is 0.147. The zero-order chi connectivity index (χ0) is 15.4. The summed E-state index contributed by atoms with van der Waals surface area (Å²) >= 11 is 0. The highest BCUT2D eigenvalue weighted by Gasteiger charge is 2.20. The number of aromatic carboxylic acids is 1. The first-order valence-electron chi connectivity index (χ1n) is 6.75. The number of aromatic hydroxyl groups is 1. The van der Waals surface area contributed by atoms with E-state index in [1.165, 1.54) is 12.1 Å². The van der Waals surface area contributed by atoms with Crippen LogP contribution in [-0.2, 0) is 0 Å². The van der Waals surface area contributed by atoms with Gasteiger partial charge in [-0.25, -0.2) is 9.59 Å². The minimum Gasteiger partial charge on any atom is -0.508 e. The molecule has 1 saturated heterocycles. The Balaban J connectivity index is 1.92. The Bertz CT molecular complexity index is 547. The third kappa shape index (κ3) is 4.09. The maximum atomic E-state index is 11.8. The monoisotopic (exact) mass is 293 g/mol. The van der Waals surface area contributed by atoms with Crippen molar-refractivity contribution in [1.29, 1.82) is 0 Å². The second-order valence-corrected chi connectivity index (χ2v) is 5.29. The highest BCUT2D eigenvalue weighted by Crippen LogP contribution is 2.21. The number of carbonyl (C=O) groups is 2. The molecular formula is C14H19N3O4. The third-order valence-corrected chi connectivity index (χ3v) is 3.52. The number of benzene rings is 1. The Morgan fingerprint density at radius 3 is 2.81 bits per heavy atom. The van der Waals surface area contributed by atoms with Crippen LogP contribution in [0.25, 0.3) is 0 Å². The van der Waals surface area contributed by atoms with Crippen molar-refractivity contribution in [3.8, 4) is 5.75 Å². The number of hydrogen-bond donors (Lipinski definition) is 4. The first kappa shape index (κ1) is 15.1. The number of phenols is 1. The van der Waals surface area contributed by atoms with E-state index in [0.717, 1.165) is 25.6 Å². The fourth-order valence-corrected chi connectivity index (χ4v) is 2.41. The van der Waals surface area contributed by atoms with Crippen molar-refractivity contribution < 1.29 is 19.8 Å². The van der Waals surface area contributed by atoms with Gasteiger partial charge < -0.3 is 25.7 Å². The van der Waals surface area contributed by atoms with Crippen molar-refractivity contribution in [2.24, 2.45) is 5.92 Å². The molecule has 7 nitrogen and oxygen atoms in total. The summed E-state index contributed by atoms with van der Waals surface area (Å²) in [5, 5.41) is 23.6. The van der Waals surface area contributed by atoms with E-state index in [1.54, 1.807) is 0 Å². The van der Waals surface area contributed by atoms with Gasteiger partial charge in [-0.05, 0) is 44.1 Å². The fourth-order valence-electron chi connectivity index (χ4n) is 2.41. The molecule has 1 heterocycles. The number of anilines is 1. The number of carboxylic acids is 1. The number of carbonyl (C=O) groups excluding carboxylic acids is 1. The van der Waals surface area contributed by atoms with Gasteiger partial charge in [-0.3, -0.25) is 0 Å². The SMILES string of the molecule is CN1CCC(CNC(=O)Nc2ccc(O)cc2C(=O)O)C1. The predicted molar refractivity (Wildman–Crippen MR) is 77.7 cm³/mol. The molecule has 1 aliphatic rings. The van der Waals surface area contributed by atoms with Crippen LogP contribution in [-0.4, -0.2) is 53.8 Å². The summed E-state index contributed by atoms with van der Waals surface area (Å²) < 4.78 is 0. The minimum atomic E-state index is -1.21. The van der Waals surface area contributed by atoms with E-state index in [4.69, 9.17) is 5.11 Å². The topological polar surface area (TPSA) is 102 Å². The van der Waals surface area contributed by atoms with Crippen LogP contribution < -0.4 is 10.6 Å². The predicted octanol–water partition coefficient (Wildman–Crippen LogP) is 1.16. The lowest BCUT2D eigenvalue weighted by Gasteiger charge is -2.13. The zero-order valence-electron chi connectivity index (χ0n) is 11.8. The molecule has 0 saturated carbocycles. The molecule has 21 heavy (non-hydrogen) atoms. The Morgan fingerprint density at radius 2 is 2.19 bits per heavy atom. The van der Waals surface area contributed by atoms with Crippen LogP contribution in [0.4, 0.5) is 10.5 Å². The van der Waals surface area contributed by atoms with Crippen molar-refractivity contribution >= 4 is 17.7 Å². The van der Waals surface area contributed by atoms with Gasteiger partial charge in [0.25, 0.3) is 0 Å². The Kier molecular flexibility index (Phi) is 4.64. The highest BCUT2D eigenvalue weighted by molar-refractivity contribution is 6.00. The molecule has 0 spiro atoms. The zero-order valence-corrected chi connectivity index (χ0v) is 11.8. The van der Waals surface area contributed by atoms with Crippen LogP contribution in [0.5, 0.6) is 5.75 Å². The number of urea groups is 1. The summed E-state index contributed by atoms with van der Waals surface area (Å²) in [5.41, 5.74) is 0.00656. The summed E-state index contributed by atoms with van der Waals surface area (Å²) in [6.07, 6.45) is 1.04. The van der Waals surface area contributed by atoms with Crippen LogP contribution >= 0.6 is 0 Å². The number of nitrogens with one attached hydrogen (secondary N) is 2. The van der Waals surface area contributed by atoms with Gasteiger partial charge >= 0.3 is 12.0 Å². The lowest BCUT2D eigenvalue weighted by molar-refractivity contribution is 0.0697. The molecule has 114 valence electrons. The summed E-state index contributed by atoms with van der Waals surface area (Å²) in [6.45, 7) is 2.52. The van der Waals surface area contributed by atoms with Crippen molar-refractivity contribution in [3.63, 3.8) is 0 Å². The first-order valence-corrected chi connectivity index (χ1v) is 6.75. The molecule has 1 aromatic carbocycles. The van der Waals surface area contributed by atoms with Crippen molar-refractivity contribution in [3.05, 3.63) is 23.8 Å². The van der Waals surface area contributed by atoms with E-state index < -0.39 is 12.0 Å². The van der Waals surface area contributed by atoms with Crippen LogP contribution in [0, 0.1) is 5.92 Å². The van der Waals surface area contributed by atoms with Crippen LogP contribution in [0.2, 0.25) is 0 Å². The molecule has 0 aliphatic carbocycles. The van der Waals surface area contributed by atoms with Gasteiger partial charge in [-0.2, -0.15) is 0 Å². The second kappa shape index (κ2) is 6.45. The standard InChI is InChI=1S/C14H19N3O4/c1-17-5-4-9(8-17)7-15-14(21)16-12-3-2-10(18)6-11(12)13(19)20/h2-3,6,9,18H,4-5,7-8H2,1H3,(H,19,20)(H2,15,16,21). The molecule has 0 aromatic heterocycles. The number of amides is 2. The largest absolute Gasteiger partial charge is 0.508 e. The van der Waals surface area contributed by atoms with E-state index >= 15 is 0 Å². The number of rotatable bonds is 4. The Labute approximate surface area is 122 Å². The number of nitrogens with zero attached hydrogens (tertiary/aromatic N) is 1. The average molecular weight is 293 g/mol. The number of carboxylic acid groups (broad SMARTS) is 1. The first-order chi connectivity index (χ1) is 9.95. The Morgan fingerprint density at radius 1 is 1.43 bits per heavy atom. The van der Waals surface area contributed by atoms with Crippen molar-refractivity contribution in [1.82, 2.24) is 10.2 Å². The lowest BCUT2D eigenvalue weighted by atomic mass is 10.1. The van der Waals surface area contributed by atoms with Crippen LogP contribution in [0.1, 0.15) is 16.8 Å². The molecule has 2 rings (SSSR count). The normalized spacial score (nSPS) is 18.4. The average Bonchev–Trinajstić information content (AvgIpc) is 2.84. The molecule has 7 heteroatoms. The van der Waals surface area contributed by atoms with E-state index in [-0.39, 0.29) is 17.0 Å². The molecule has 1 fully saturated rings. The fraction of sp³-hybridized carbons (Fsp3) is 0.429. The molecule has 4 N–H and O–H groups in total. The van der Waals surface area contributed by atoms with Gasteiger partial charge in [0.15, 0.2) is 0 Å². The molecular weight excluding hydrogens is 274 g/mol. The lowest BCUT2D eigenvalue weighted by Crippen LogP contribution is -2.34. The molecule has 0 bridgehead atoms. The summed E-state index contributed by atoms with van der Waals surface area (Å²) in [6, 6.07) is 3.34. The van der Waals surface area contributed by atoms with Gasteiger partial charge in [0.2, 0.25) is 0 Å². The van der Waals surface area contributed by atoms with Crippen LogP contribution in [0.15, 0.2) is 18.2 Å². The third-order valence-electron chi connectivity index (χ3n) is 3.52. The van der Waals surface area contributed by atoms with E-state index in [1.807, 2.05) is 7.05 Å². The van der Waals surface area contributed by atoms with Gasteiger partial charge in [-0.15, -0.1) is 0 Å². The van der Waals surface area contributed by atoms with Crippen molar-refractivity contribution in [2.45, 2.75) is 6.42 Å². The van der Waals surface area contributed by atoms with Gasteiger partial charge in [-0.1, -0.05) is 0 Å². The quantitative estimate of drug-likeness (QED) is 0.624. The second-order valence-electron chi connectivity index (χ2n) is 5.29. The highest BCUT2D eigenvalue weighted by atomic mass is 16.4. The number of likely N-dealkylation sites (tertiary alicyclic amines) is 1. The van der Waals surface area contributed by atoms with Crippen LogP contribution in [0.3, 0.4) is 0 Å². The van der Waals surface area contributed by atoms with E-state index in [0.29, 0.717) is 12.5 Å². The number of hydrogen-bond acceptors (Lipinski definition) is 4. The number of phenolic OH excluding ortho intramolecular Hbond substituents is 1. The summed E-state index contributed by atoms with van der Waals surface area (Å²) in [5.74, 6) is -0.953. The van der Waals surface area contributed by atoms with Crippen molar-refractivity contribution in [2.75, 3.05) is 32.0 Å². The molecule has 2 amide bonds. The molecule has 1 atom stereocenters. The maximum Gasteiger partial charge on any atom is 0.337 e.